The highest BCUT2D eigenvalue weighted by Gasteiger charge is 2.42. The molecule has 0 aromatic heterocycles. The number of hydrogen-bond acceptors (Lipinski definition) is 5. The van der Waals surface area contributed by atoms with Crippen LogP contribution in [0.3, 0.4) is 0 Å². The number of halogens is 3. The summed E-state index contributed by atoms with van der Waals surface area (Å²) in [6.45, 7) is 4.79. The number of cyclic esters (lactones) is 1. The number of carbonyl (C=O) groups is 3. The average Bonchev–Trinajstić information content (AvgIpc) is 2.97. The van der Waals surface area contributed by atoms with Crippen LogP contribution in [0.4, 0.5) is 18.0 Å². The number of ether oxygens (including phenoxy) is 2. The summed E-state index contributed by atoms with van der Waals surface area (Å²) in [5.41, 5.74) is -0.00509. The van der Waals surface area contributed by atoms with Gasteiger partial charge in [-0.05, 0) is 39.2 Å². The van der Waals surface area contributed by atoms with E-state index in [0.29, 0.717) is 6.42 Å². The van der Waals surface area contributed by atoms with Crippen molar-refractivity contribution in [1.29, 1.82) is 0 Å². The van der Waals surface area contributed by atoms with Gasteiger partial charge in [0.15, 0.2) is 0 Å². The molecule has 0 N–H and O–H groups in total. The minimum Gasteiger partial charge on any atom is -0.460 e. The Morgan fingerprint density at radius 2 is 1.83 bits per heavy atom. The van der Waals surface area contributed by atoms with E-state index in [1.807, 2.05) is 18.2 Å². The summed E-state index contributed by atoms with van der Waals surface area (Å²) in [6, 6.07) is 8.39. The second-order valence-electron chi connectivity index (χ2n) is 8.27. The summed E-state index contributed by atoms with van der Waals surface area (Å²) in [7, 11) is 0. The molecule has 2 rings (SSSR count). The van der Waals surface area contributed by atoms with Gasteiger partial charge in [0, 0.05) is 12.3 Å². The monoisotopic (exact) mass is 429 g/mol. The lowest BCUT2D eigenvalue weighted by molar-refractivity contribution is -0.161. The average molecular weight is 429 g/mol. The number of hydrogen-bond donors (Lipinski definition) is 0. The fourth-order valence-electron chi connectivity index (χ4n) is 3.20. The number of nitrogens with zero attached hydrogens (tertiary/aromatic N) is 1. The highest BCUT2D eigenvalue weighted by atomic mass is 19.4. The van der Waals surface area contributed by atoms with Crippen molar-refractivity contribution >= 4 is 18.0 Å². The van der Waals surface area contributed by atoms with Crippen LogP contribution in [0.1, 0.15) is 45.6 Å². The van der Waals surface area contributed by atoms with Crippen LogP contribution in [0.15, 0.2) is 30.3 Å². The van der Waals surface area contributed by atoms with Crippen molar-refractivity contribution in [3.05, 3.63) is 35.9 Å². The van der Waals surface area contributed by atoms with Crippen LogP contribution >= 0.6 is 0 Å². The van der Waals surface area contributed by atoms with Gasteiger partial charge in [0.2, 0.25) is 5.91 Å². The smallest absolute Gasteiger partial charge is 0.416 e. The third-order valence-corrected chi connectivity index (χ3v) is 4.47. The second-order valence-corrected chi connectivity index (χ2v) is 8.27. The standard InChI is InChI=1S/C21H26F3NO5/c1-20(2,3)30-17(26)12-15(9-10-21(22,23)24)18(27)25-16(13-29-19(25)28)11-14-7-5-4-6-8-14/h4-8,15-16H,9-13H2,1-3H3/t15-,16+/m1/s1. The lowest BCUT2D eigenvalue weighted by atomic mass is 9.96. The summed E-state index contributed by atoms with van der Waals surface area (Å²) < 4.78 is 48.5. The molecule has 0 bridgehead atoms. The van der Waals surface area contributed by atoms with Crippen molar-refractivity contribution in [2.45, 2.75) is 64.3 Å². The van der Waals surface area contributed by atoms with E-state index in [1.54, 1.807) is 32.9 Å². The predicted octanol–water partition coefficient (Wildman–Crippen LogP) is 4.27. The number of alkyl halides is 3. The van der Waals surface area contributed by atoms with Crippen LogP contribution in [0, 0.1) is 5.92 Å². The van der Waals surface area contributed by atoms with Crippen LogP contribution in [-0.4, -0.2) is 47.3 Å². The van der Waals surface area contributed by atoms with Gasteiger partial charge in [-0.15, -0.1) is 0 Å². The summed E-state index contributed by atoms with van der Waals surface area (Å²) in [6.07, 6.45) is -7.53. The number of esters is 1. The number of benzene rings is 1. The molecule has 166 valence electrons. The van der Waals surface area contributed by atoms with Gasteiger partial charge < -0.3 is 9.47 Å². The van der Waals surface area contributed by atoms with E-state index in [0.717, 1.165) is 10.5 Å². The molecule has 2 amide bonds. The van der Waals surface area contributed by atoms with Crippen LogP contribution in [0.2, 0.25) is 0 Å². The normalized spacial score (nSPS) is 18.1. The molecular formula is C21H26F3NO5. The van der Waals surface area contributed by atoms with Crippen molar-refractivity contribution < 1.29 is 37.0 Å². The predicted molar refractivity (Wildman–Crippen MR) is 101 cm³/mol. The first-order valence-electron chi connectivity index (χ1n) is 9.68. The molecule has 0 spiro atoms. The highest BCUT2D eigenvalue weighted by molar-refractivity contribution is 5.96. The molecule has 1 heterocycles. The van der Waals surface area contributed by atoms with Crippen LogP contribution in [0.5, 0.6) is 0 Å². The van der Waals surface area contributed by atoms with E-state index >= 15 is 0 Å². The molecule has 1 aromatic carbocycles. The zero-order valence-corrected chi connectivity index (χ0v) is 17.2. The Kier molecular flexibility index (Phi) is 7.49. The fraction of sp³-hybridized carbons (Fsp3) is 0.571. The maximum atomic E-state index is 13.0. The van der Waals surface area contributed by atoms with Gasteiger partial charge in [-0.25, -0.2) is 9.69 Å². The van der Waals surface area contributed by atoms with E-state index in [9.17, 15) is 27.6 Å². The summed E-state index contributed by atoms with van der Waals surface area (Å²) in [5, 5.41) is 0. The Bertz CT molecular complexity index is 758. The Labute approximate surface area is 173 Å². The molecule has 1 fully saturated rings. The molecule has 1 aliphatic rings. The molecule has 9 heteroatoms. The second kappa shape index (κ2) is 9.49. The molecule has 0 aliphatic carbocycles. The third kappa shape index (κ3) is 7.35. The summed E-state index contributed by atoms with van der Waals surface area (Å²) >= 11 is 0. The molecule has 1 aromatic rings. The molecule has 0 unspecified atom stereocenters. The SMILES string of the molecule is CC(C)(C)OC(=O)C[C@@H](CCC(F)(F)F)C(=O)N1C(=O)OC[C@@H]1Cc1ccccc1. The van der Waals surface area contributed by atoms with Crippen molar-refractivity contribution in [2.75, 3.05) is 6.61 Å². The largest absolute Gasteiger partial charge is 0.460 e. The third-order valence-electron chi connectivity index (χ3n) is 4.47. The number of carbonyl (C=O) groups excluding carboxylic acids is 3. The number of rotatable bonds is 7. The van der Waals surface area contributed by atoms with Gasteiger partial charge >= 0.3 is 18.2 Å². The first-order valence-corrected chi connectivity index (χ1v) is 9.68. The Hall–Kier alpha value is -2.58. The summed E-state index contributed by atoms with van der Waals surface area (Å²) in [4.78, 5) is 38.2. The van der Waals surface area contributed by atoms with Crippen LogP contribution in [-0.2, 0) is 25.5 Å². The topological polar surface area (TPSA) is 72.9 Å². The zero-order valence-electron chi connectivity index (χ0n) is 17.2. The maximum absolute atomic E-state index is 13.0. The number of imide groups is 1. The quantitative estimate of drug-likeness (QED) is 0.606. The van der Waals surface area contributed by atoms with Gasteiger partial charge in [0.25, 0.3) is 0 Å². The van der Waals surface area contributed by atoms with Crippen molar-refractivity contribution in [3.63, 3.8) is 0 Å². The van der Waals surface area contributed by atoms with Crippen LogP contribution in [0.25, 0.3) is 0 Å². The Morgan fingerprint density at radius 1 is 1.20 bits per heavy atom. The van der Waals surface area contributed by atoms with Crippen molar-refractivity contribution in [2.24, 2.45) is 5.92 Å². The zero-order chi connectivity index (χ0) is 22.5. The first-order chi connectivity index (χ1) is 13.9. The van der Waals surface area contributed by atoms with Gasteiger partial charge in [-0.2, -0.15) is 13.2 Å². The van der Waals surface area contributed by atoms with E-state index in [2.05, 4.69) is 0 Å². The maximum Gasteiger partial charge on any atom is 0.416 e. The first kappa shape index (κ1) is 23.7. The van der Waals surface area contributed by atoms with Gasteiger partial charge in [-0.1, -0.05) is 30.3 Å². The molecule has 1 saturated heterocycles. The Morgan fingerprint density at radius 3 is 2.40 bits per heavy atom. The lowest BCUT2D eigenvalue weighted by Crippen LogP contribution is -2.44. The van der Waals surface area contributed by atoms with E-state index in [4.69, 9.17) is 9.47 Å². The van der Waals surface area contributed by atoms with Gasteiger partial charge in [0.1, 0.15) is 12.2 Å². The molecule has 30 heavy (non-hydrogen) atoms. The minimum atomic E-state index is -4.50. The van der Waals surface area contributed by atoms with Crippen molar-refractivity contribution in [3.8, 4) is 0 Å². The molecule has 0 saturated carbocycles. The van der Waals surface area contributed by atoms with E-state index in [1.165, 1.54) is 0 Å². The molecule has 6 nitrogen and oxygen atoms in total. The molecule has 2 atom stereocenters. The molecule has 1 aliphatic heterocycles. The summed E-state index contributed by atoms with van der Waals surface area (Å²) in [5.74, 6) is -2.99. The van der Waals surface area contributed by atoms with E-state index < -0.39 is 61.0 Å². The van der Waals surface area contributed by atoms with Gasteiger partial charge in [0.05, 0.1) is 12.5 Å². The molecular weight excluding hydrogens is 403 g/mol. The lowest BCUT2D eigenvalue weighted by Gasteiger charge is -2.26. The Balaban J connectivity index is 2.18. The van der Waals surface area contributed by atoms with Crippen molar-refractivity contribution in [1.82, 2.24) is 4.90 Å². The van der Waals surface area contributed by atoms with E-state index in [-0.39, 0.29) is 6.61 Å². The van der Waals surface area contributed by atoms with Crippen LogP contribution < -0.4 is 0 Å². The highest BCUT2D eigenvalue weighted by Crippen LogP contribution is 2.29. The molecule has 0 radical (unpaired) electrons. The van der Waals surface area contributed by atoms with Gasteiger partial charge in [-0.3, -0.25) is 9.59 Å². The fourth-order valence-corrected chi connectivity index (χ4v) is 3.20. The minimum absolute atomic E-state index is 0.0576. The number of amides is 2.